The lowest BCUT2D eigenvalue weighted by Crippen LogP contribution is -2.62. The van der Waals surface area contributed by atoms with Gasteiger partial charge in [0.25, 0.3) is 0 Å². The summed E-state index contributed by atoms with van der Waals surface area (Å²) >= 11 is 0. The molecule has 1 aliphatic heterocycles. The second-order valence-corrected chi connectivity index (χ2v) is 5.09. The Hall–Kier alpha value is -0.610. The van der Waals surface area contributed by atoms with E-state index in [2.05, 4.69) is 10.2 Å². The van der Waals surface area contributed by atoms with Crippen LogP contribution in [0.15, 0.2) is 0 Å². The lowest BCUT2D eigenvalue weighted by molar-refractivity contribution is -0.138. The molecule has 1 heterocycles. The molecular weight excluding hydrogens is 204 g/mol. The van der Waals surface area contributed by atoms with Gasteiger partial charge in [-0.25, -0.2) is 0 Å². The Morgan fingerprint density at radius 3 is 2.75 bits per heavy atom. The summed E-state index contributed by atoms with van der Waals surface area (Å²) in [6.45, 7) is 3.78. The number of hydrogen-bond donors (Lipinski definition) is 2. The number of hydrogen-bond acceptors (Lipinski definition) is 3. The van der Waals surface area contributed by atoms with Crippen molar-refractivity contribution in [1.29, 1.82) is 0 Å². The van der Waals surface area contributed by atoms with Gasteiger partial charge in [-0.2, -0.15) is 0 Å². The minimum Gasteiger partial charge on any atom is -0.481 e. The van der Waals surface area contributed by atoms with Crippen LogP contribution in [-0.4, -0.2) is 47.7 Å². The fraction of sp³-hybridized carbons (Fsp3) is 0.917. The molecule has 2 N–H and O–H groups in total. The van der Waals surface area contributed by atoms with Gasteiger partial charge in [0.05, 0.1) is 6.42 Å². The molecule has 0 radical (unpaired) electrons. The fourth-order valence-electron chi connectivity index (χ4n) is 3.17. The highest BCUT2D eigenvalue weighted by atomic mass is 16.4. The molecule has 92 valence electrons. The molecule has 0 aromatic rings. The third-order valence-electron chi connectivity index (χ3n) is 4.06. The van der Waals surface area contributed by atoms with Crippen molar-refractivity contribution in [2.75, 3.05) is 26.2 Å². The van der Waals surface area contributed by atoms with Crippen LogP contribution in [0.1, 0.15) is 38.5 Å². The SMILES string of the molecule is O=C(O)CCN1CCNCC12CCCCC2. The van der Waals surface area contributed by atoms with Crippen LogP contribution < -0.4 is 5.32 Å². The molecule has 0 unspecified atom stereocenters. The minimum absolute atomic E-state index is 0.270. The summed E-state index contributed by atoms with van der Waals surface area (Å²) in [6.07, 6.45) is 6.69. The molecule has 4 nitrogen and oxygen atoms in total. The van der Waals surface area contributed by atoms with Crippen molar-refractivity contribution < 1.29 is 9.90 Å². The van der Waals surface area contributed by atoms with Gasteiger partial charge in [-0.1, -0.05) is 19.3 Å². The van der Waals surface area contributed by atoms with Gasteiger partial charge in [-0.15, -0.1) is 0 Å². The van der Waals surface area contributed by atoms with Crippen molar-refractivity contribution in [2.45, 2.75) is 44.1 Å². The molecule has 2 rings (SSSR count). The van der Waals surface area contributed by atoms with Crippen LogP contribution in [-0.2, 0) is 4.79 Å². The van der Waals surface area contributed by atoms with Gasteiger partial charge in [-0.3, -0.25) is 9.69 Å². The number of nitrogens with one attached hydrogen (secondary N) is 1. The second-order valence-electron chi connectivity index (χ2n) is 5.09. The van der Waals surface area contributed by atoms with Gasteiger partial charge < -0.3 is 10.4 Å². The molecule has 2 fully saturated rings. The van der Waals surface area contributed by atoms with Gasteiger partial charge >= 0.3 is 5.97 Å². The summed E-state index contributed by atoms with van der Waals surface area (Å²) in [5.41, 5.74) is 0.270. The van der Waals surface area contributed by atoms with Gasteiger partial charge in [-0.05, 0) is 12.8 Å². The summed E-state index contributed by atoms with van der Waals surface area (Å²) < 4.78 is 0. The number of nitrogens with zero attached hydrogens (tertiary/aromatic N) is 1. The molecule has 0 bridgehead atoms. The number of carboxylic acids is 1. The summed E-state index contributed by atoms with van der Waals surface area (Å²) in [5, 5.41) is 12.3. The molecule has 16 heavy (non-hydrogen) atoms. The molecule has 0 aromatic carbocycles. The molecule has 0 amide bonds. The largest absolute Gasteiger partial charge is 0.481 e. The first-order valence-electron chi connectivity index (χ1n) is 6.41. The molecule has 1 saturated carbocycles. The van der Waals surface area contributed by atoms with Crippen LogP contribution in [0.4, 0.5) is 0 Å². The first-order chi connectivity index (χ1) is 7.73. The zero-order chi connectivity index (χ0) is 11.4. The van der Waals surface area contributed by atoms with Crippen molar-refractivity contribution in [3.05, 3.63) is 0 Å². The van der Waals surface area contributed by atoms with Crippen molar-refractivity contribution in [2.24, 2.45) is 0 Å². The molecule has 1 aliphatic carbocycles. The van der Waals surface area contributed by atoms with Gasteiger partial charge in [0.1, 0.15) is 0 Å². The van der Waals surface area contributed by atoms with E-state index < -0.39 is 5.97 Å². The van der Waals surface area contributed by atoms with E-state index in [1.807, 2.05) is 0 Å². The van der Waals surface area contributed by atoms with E-state index in [4.69, 9.17) is 5.11 Å². The van der Waals surface area contributed by atoms with Crippen molar-refractivity contribution in [3.63, 3.8) is 0 Å². The minimum atomic E-state index is -0.676. The first kappa shape index (κ1) is 11.9. The van der Waals surface area contributed by atoms with Crippen molar-refractivity contribution in [3.8, 4) is 0 Å². The Kier molecular flexibility index (Phi) is 3.82. The maximum Gasteiger partial charge on any atom is 0.304 e. The predicted octanol–water partition coefficient (Wildman–Crippen LogP) is 1.07. The van der Waals surface area contributed by atoms with Crippen LogP contribution in [0, 0.1) is 0 Å². The quantitative estimate of drug-likeness (QED) is 0.756. The average Bonchev–Trinajstić information content (AvgIpc) is 2.29. The monoisotopic (exact) mass is 226 g/mol. The maximum absolute atomic E-state index is 10.7. The topological polar surface area (TPSA) is 52.6 Å². The maximum atomic E-state index is 10.7. The average molecular weight is 226 g/mol. The molecule has 0 aromatic heterocycles. The lowest BCUT2D eigenvalue weighted by atomic mass is 9.79. The standard InChI is InChI=1S/C12H22N2O2/c15-11(16)4-8-14-9-7-13-10-12(14)5-2-1-3-6-12/h13H,1-10H2,(H,15,16). The Morgan fingerprint density at radius 2 is 2.06 bits per heavy atom. The van der Waals surface area contributed by atoms with E-state index in [1.165, 1.54) is 32.1 Å². The second kappa shape index (κ2) is 5.15. The number of piperazine rings is 1. The van der Waals surface area contributed by atoms with E-state index in [0.29, 0.717) is 0 Å². The summed E-state index contributed by atoms with van der Waals surface area (Å²) in [5.74, 6) is -0.676. The summed E-state index contributed by atoms with van der Waals surface area (Å²) in [6, 6.07) is 0. The number of carboxylic acid groups (broad SMARTS) is 1. The first-order valence-corrected chi connectivity index (χ1v) is 6.41. The van der Waals surface area contributed by atoms with E-state index in [-0.39, 0.29) is 12.0 Å². The Morgan fingerprint density at radius 1 is 1.31 bits per heavy atom. The van der Waals surface area contributed by atoms with Crippen molar-refractivity contribution in [1.82, 2.24) is 10.2 Å². The zero-order valence-corrected chi connectivity index (χ0v) is 9.87. The van der Waals surface area contributed by atoms with Crippen LogP contribution in [0.25, 0.3) is 0 Å². The van der Waals surface area contributed by atoms with E-state index in [9.17, 15) is 4.79 Å². The number of rotatable bonds is 3. The summed E-state index contributed by atoms with van der Waals surface area (Å²) in [7, 11) is 0. The van der Waals surface area contributed by atoms with Crippen LogP contribution in [0.5, 0.6) is 0 Å². The molecule has 4 heteroatoms. The zero-order valence-electron chi connectivity index (χ0n) is 9.87. The third-order valence-corrected chi connectivity index (χ3v) is 4.06. The molecule has 1 spiro atoms. The van der Waals surface area contributed by atoms with Crippen molar-refractivity contribution >= 4 is 5.97 Å². The molecule has 1 saturated heterocycles. The van der Waals surface area contributed by atoms with Gasteiger partial charge in [0.15, 0.2) is 0 Å². The number of carbonyl (C=O) groups is 1. The molecular formula is C12H22N2O2. The highest BCUT2D eigenvalue weighted by Gasteiger charge is 2.39. The van der Waals surface area contributed by atoms with Crippen LogP contribution >= 0.6 is 0 Å². The normalized spacial score (nSPS) is 25.8. The van der Waals surface area contributed by atoms with Crippen LogP contribution in [0.2, 0.25) is 0 Å². The fourth-order valence-corrected chi connectivity index (χ4v) is 3.17. The Labute approximate surface area is 97.0 Å². The third kappa shape index (κ3) is 2.55. The van der Waals surface area contributed by atoms with Gasteiger partial charge in [0.2, 0.25) is 0 Å². The van der Waals surface area contributed by atoms with E-state index >= 15 is 0 Å². The predicted molar refractivity (Wildman–Crippen MR) is 62.5 cm³/mol. The molecule has 0 atom stereocenters. The Bertz CT molecular complexity index is 241. The van der Waals surface area contributed by atoms with Gasteiger partial charge in [0, 0.05) is 31.7 Å². The lowest BCUT2D eigenvalue weighted by Gasteiger charge is -2.49. The smallest absolute Gasteiger partial charge is 0.304 e. The number of aliphatic carboxylic acids is 1. The molecule has 2 aliphatic rings. The summed E-state index contributed by atoms with van der Waals surface area (Å²) in [4.78, 5) is 13.1. The highest BCUT2D eigenvalue weighted by molar-refractivity contribution is 5.66. The highest BCUT2D eigenvalue weighted by Crippen LogP contribution is 2.34. The van der Waals surface area contributed by atoms with E-state index in [1.54, 1.807) is 0 Å². The van der Waals surface area contributed by atoms with Crippen LogP contribution in [0.3, 0.4) is 0 Å². The van der Waals surface area contributed by atoms with E-state index in [0.717, 1.165) is 26.2 Å². The Balaban J connectivity index is 1.97.